The second-order valence-electron chi connectivity index (χ2n) is 4.22. The number of aromatic nitrogens is 1. The molecule has 0 aliphatic carbocycles. The summed E-state index contributed by atoms with van der Waals surface area (Å²) in [5.74, 6) is 1.08. The average Bonchev–Trinajstić information content (AvgIpc) is 2.26. The lowest BCUT2D eigenvalue weighted by Crippen LogP contribution is -2.13. The van der Waals surface area contributed by atoms with Crippen LogP contribution in [0.25, 0.3) is 10.9 Å². The van der Waals surface area contributed by atoms with E-state index in [1.807, 2.05) is 0 Å². The molecule has 0 unspecified atom stereocenters. The van der Waals surface area contributed by atoms with Crippen LogP contribution in [0.2, 0.25) is 0 Å². The molecule has 1 aliphatic rings. The molecule has 0 saturated heterocycles. The summed E-state index contributed by atoms with van der Waals surface area (Å²) in [5, 5.41) is 4.62. The van der Waals surface area contributed by atoms with Crippen LogP contribution in [-0.4, -0.2) is 11.5 Å². The van der Waals surface area contributed by atoms with Gasteiger partial charge in [0.25, 0.3) is 0 Å². The lowest BCUT2D eigenvalue weighted by molar-refractivity contribution is 0.821. The fourth-order valence-electron chi connectivity index (χ4n) is 2.15. The van der Waals surface area contributed by atoms with E-state index in [9.17, 15) is 0 Å². The van der Waals surface area contributed by atoms with Gasteiger partial charge in [-0.1, -0.05) is 12.1 Å². The minimum Gasteiger partial charge on any atom is -0.370 e. The van der Waals surface area contributed by atoms with E-state index in [0.29, 0.717) is 0 Å². The van der Waals surface area contributed by atoms with Crippen LogP contribution in [-0.2, 0) is 6.42 Å². The van der Waals surface area contributed by atoms with Crippen molar-refractivity contribution in [2.24, 2.45) is 0 Å². The third-order valence-electron chi connectivity index (χ3n) is 2.97. The van der Waals surface area contributed by atoms with Gasteiger partial charge in [-0.05, 0) is 43.0 Å². The van der Waals surface area contributed by atoms with E-state index in [1.165, 1.54) is 22.9 Å². The number of hydrogen-bond acceptors (Lipinski definition) is 2. The molecule has 1 aromatic heterocycles. The molecule has 1 aromatic carbocycles. The second kappa shape index (κ2) is 3.23. The molecule has 3 rings (SSSR count). The van der Waals surface area contributed by atoms with Crippen molar-refractivity contribution in [3.05, 3.63) is 35.4 Å². The van der Waals surface area contributed by atoms with Gasteiger partial charge in [0, 0.05) is 11.9 Å². The van der Waals surface area contributed by atoms with Gasteiger partial charge in [-0.25, -0.2) is 4.98 Å². The van der Waals surface area contributed by atoms with Gasteiger partial charge in [-0.2, -0.15) is 0 Å². The molecule has 0 fully saturated rings. The van der Waals surface area contributed by atoms with Crippen molar-refractivity contribution in [1.82, 2.24) is 4.98 Å². The molecule has 1 aliphatic heterocycles. The summed E-state index contributed by atoms with van der Waals surface area (Å²) >= 11 is 0. The number of fused-ring (bicyclic) bond motifs is 2. The SMILES string of the molecule is Cc1ccc2cc3c(nc2c1)NCCC3. The number of pyridine rings is 1. The average molecular weight is 198 g/mol. The van der Waals surface area contributed by atoms with Gasteiger partial charge in [0.05, 0.1) is 5.52 Å². The first-order valence-corrected chi connectivity index (χ1v) is 5.47. The number of nitrogens with zero attached hydrogens (tertiary/aromatic N) is 1. The van der Waals surface area contributed by atoms with Crippen LogP contribution in [0.1, 0.15) is 17.5 Å². The zero-order valence-corrected chi connectivity index (χ0v) is 8.88. The summed E-state index contributed by atoms with van der Waals surface area (Å²) < 4.78 is 0. The Labute approximate surface area is 89.3 Å². The molecule has 1 N–H and O–H groups in total. The van der Waals surface area contributed by atoms with Crippen molar-refractivity contribution in [3.8, 4) is 0 Å². The van der Waals surface area contributed by atoms with Crippen LogP contribution in [0.4, 0.5) is 5.82 Å². The van der Waals surface area contributed by atoms with Crippen molar-refractivity contribution >= 4 is 16.7 Å². The first kappa shape index (κ1) is 8.72. The molecule has 2 heteroatoms. The first-order chi connectivity index (χ1) is 7.33. The van der Waals surface area contributed by atoms with Crippen LogP contribution in [0.5, 0.6) is 0 Å². The van der Waals surface area contributed by atoms with Crippen molar-refractivity contribution in [2.75, 3.05) is 11.9 Å². The van der Waals surface area contributed by atoms with Crippen LogP contribution in [0, 0.1) is 6.92 Å². The number of hydrogen-bond donors (Lipinski definition) is 1. The Morgan fingerprint density at radius 2 is 2.20 bits per heavy atom. The maximum atomic E-state index is 4.67. The summed E-state index contributed by atoms with van der Waals surface area (Å²) in [6.07, 6.45) is 2.37. The van der Waals surface area contributed by atoms with Crippen LogP contribution in [0.3, 0.4) is 0 Å². The van der Waals surface area contributed by atoms with Crippen LogP contribution in [0.15, 0.2) is 24.3 Å². The van der Waals surface area contributed by atoms with Crippen molar-refractivity contribution in [2.45, 2.75) is 19.8 Å². The van der Waals surface area contributed by atoms with E-state index in [2.05, 4.69) is 41.5 Å². The highest BCUT2D eigenvalue weighted by Crippen LogP contribution is 2.24. The number of aryl methyl sites for hydroxylation is 2. The van der Waals surface area contributed by atoms with Gasteiger partial charge in [0.2, 0.25) is 0 Å². The summed E-state index contributed by atoms with van der Waals surface area (Å²) in [4.78, 5) is 4.67. The summed E-state index contributed by atoms with van der Waals surface area (Å²) in [7, 11) is 0. The summed E-state index contributed by atoms with van der Waals surface area (Å²) in [6, 6.07) is 8.72. The molecule has 15 heavy (non-hydrogen) atoms. The Hall–Kier alpha value is -1.57. The Bertz CT molecular complexity index is 517. The standard InChI is InChI=1S/C13H14N2/c1-9-4-5-10-8-11-3-2-6-14-13(11)15-12(10)7-9/h4-5,7-8H,2-3,6H2,1H3,(H,14,15). The van der Waals surface area contributed by atoms with E-state index < -0.39 is 0 Å². The molecule has 0 bridgehead atoms. The quantitative estimate of drug-likeness (QED) is 0.704. The van der Waals surface area contributed by atoms with Crippen molar-refractivity contribution < 1.29 is 0 Å². The highest BCUT2D eigenvalue weighted by Gasteiger charge is 2.10. The largest absolute Gasteiger partial charge is 0.370 e. The van der Waals surface area contributed by atoms with Gasteiger partial charge in [-0.3, -0.25) is 0 Å². The molecule has 0 spiro atoms. The Kier molecular flexibility index (Phi) is 1.88. The molecule has 0 amide bonds. The second-order valence-corrected chi connectivity index (χ2v) is 4.22. The highest BCUT2D eigenvalue weighted by molar-refractivity contribution is 5.82. The topological polar surface area (TPSA) is 24.9 Å². The third kappa shape index (κ3) is 1.46. The van der Waals surface area contributed by atoms with E-state index in [0.717, 1.165) is 24.3 Å². The van der Waals surface area contributed by atoms with Gasteiger partial charge in [0.15, 0.2) is 0 Å². The maximum Gasteiger partial charge on any atom is 0.129 e. The first-order valence-electron chi connectivity index (χ1n) is 5.47. The summed E-state index contributed by atoms with van der Waals surface area (Å²) in [5.41, 5.74) is 3.73. The van der Waals surface area contributed by atoms with E-state index >= 15 is 0 Å². The highest BCUT2D eigenvalue weighted by atomic mass is 15.0. The van der Waals surface area contributed by atoms with Gasteiger partial charge < -0.3 is 5.32 Å². The molecular formula is C13H14N2. The molecule has 2 heterocycles. The smallest absolute Gasteiger partial charge is 0.129 e. The molecule has 0 saturated carbocycles. The molecule has 2 nitrogen and oxygen atoms in total. The lowest BCUT2D eigenvalue weighted by Gasteiger charge is -2.17. The Morgan fingerprint density at radius 3 is 3.13 bits per heavy atom. The minimum absolute atomic E-state index is 1.05. The molecule has 2 aromatic rings. The number of rotatable bonds is 0. The summed E-state index contributed by atoms with van der Waals surface area (Å²) in [6.45, 7) is 3.16. The zero-order valence-electron chi connectivity index (χ0n) is 8.88. The van der Waals surface area contributed by atoms with Gasteiger partial charge in [0.1, 0.15) is 5.82 Å². The monoisotopic (exact) mass is 198 g/mol. The van der Waals surface area contributed by atoms with E-state index in [4.69, 9.17) is 0 Å². The van der Waals surface area contributed by atoms with E-state index in [1.54, 1.807) is 0 Å². The normalized spacial score (nSPS) is 14.7. The predicted molar refractivity (Wildman–Crippen MR) is 63.3 cm³/mol. The maximum absolute atomic E-state index is 4.67. The number of anilines is 1. The van der Waals surface area contributed by atoms with Crippen LogP contribution >= 0.6 is 0 Å². The number of nitrogens with one attached hydrogen (secondary N) is 1. The molecule has 76 valence electrons. The third-order valence-corrected chi connectivity index (χ3v) is 2.97. The van der Waals surface area contributed by atoms with Gasteiger partial charge in [-0.15, -0.1) is 0 Å². The lowest BCUT2D eigenvalue weighted by atomic mass is 10.0. The number of benzene rings is 1. The minimum atomic E-state index is 1.05. The van der Waals surface area contributed by atoms with Crippen molar-refractivity contribution in [1.29, 1.82) is 0 Å². The van der Waals surface area contributed by atoms with Gasteiger partial charge >= 0.3 is 0 Å². The van der Waals surface area contributed by atoms with E-state index in [-0.39, 0.29) is 0 Å². The Morgan fingerprint density at radius 1 is 1.27 bits per heavy atom. The molecular weight excluding hydrogens is 184 g/mol. The Balaban J connectivity index is 2.26. The van der Waals surface area contributed by atoms with Crippen molar-refractivity contribution in [3.63, 3.8) is 0 Å². The zero-order chi connectivity index (χ0) is 10.3. The predicted octanol–water partition coefficient (Wildman–Crippen LogP) is 2.90. The fourth-order valence-corrected chi connectivity index (χ4v) is 2.15. The fraction of sp³-hybridized carbons (Fsp3) is 0.308. The molecule has 0 radical (unpaired) electrons. The molecule has 0 atom stereocenters. The van der Waals surface area contributed by atoms with Crippen LogP contribution < -0.4 is 5.32 Å².